The summed E-state index contributed by atoms with van der Waals surface area (Å²) in [6.07, 6.45) is 5.40. The summed E-state index contributed by atoms with van der Waals surface area (Å²) < 4.78 is 0. The molecule has 0 saturated heterocycles. The van der Waals surface area contributed by atoms with Gasteiger partial charge in [-0.05, 0) is 43.5 Å². The standard InChI is InChI=1S/C18H22N4O.2ClH/c19-14-6-4-5-13(11-14)18(23)22-16-9-10-17(20-12-16)21-15-7-2-1-3-8-15;;/h1-3,7-10,12-14H,4-6,11,19H2,(H,20,21)(H,22,23);2*1H. The Kier molecular flexibility index (Phi) is 8.69. The van der Waals surface area contributed by atoms with Crippen molar-refractivity contribution in [3.63, 3.8) is 0 Å². The van der Waals surface area contributed by atoms with Gasteiger partial charge >= 0.3 is 0 Å². The van der Waals surface area contributed by atoms with E-state index in [-0.39, 0.29) is 42.7 Å². The highest BCUT2D eigenvalue weighted by atomic mass is 35.5. The quantitative estimate of drug-likeness (QED) is 0.742. The van der Waals surface area contributed by atoms with E-state index in [4.69, 9.17) is 5.73 Å². The summed E-state index contributed by atoms with van der Waals surface area (Å²) >= 11 is 0. The molecule has 1 fully saturated rings. The highest BCUT2D eigenvalue weighted by Crippen LogP contribution is 2.24. The van der Waals surface area contributed by atoms with Gasteiger partial charge < -0.3 is 16.4 Å². The summed E-state index contributed by atoms with van der Waals surface area (Å²) in [5.74, 6) is 0.806. The number of anilines is 3. The second-order valence-electron chi connectivity index (χ2n) is 6.04. The Balaban J connectivity index is 0.00000156. The molecule has 0 aliphatic heterocycles. The lowest BCUT2D eigenvalue weighted by Gasteiger charge is -2.25. The van der Waals surface area contributed by atoms with Crippen molar-refractivity contribution in [2.75, 3.05) is 10.6 Å². The first kappa shape index (κ1) is 21.2. The number of aromatic nitrogens is 1. The van der Waals surface area contributed by atoms with Gasteiger partial charge in [-0.3, -0.25) is 4.79 Å². The van der Waals surface area contributed by atoms with E-state index in [1.54, 1.807) is 6.20 Å². The molecule has 1 saturated carbocycles. The van der Waals surface area contributed by atoms with E-state index in [1.165, 1.54) is 0 Å². The predicted molar refractivity (Wildman–Crippen MR) is 107 cm³/mol. The zero-order valence-electron chi connectivity index (χ0n) is 13.9. The Morgan fingerprint density at radius 2 is 1.80 bits per heavy atom. The minimum atomic E-state index is 0. The van der Waals surface area contributed by atoms with Gasteiger partial charge in [0.25, 0.3) is 0 Å². The van der Waals surface area contributed by atoms with Crippen LogP contribution in [0.1, 0.15) is 25.7 Å². The van der Waals surface area contributed by atoms with Crippen LogP contribution in [0.25, 0.3) is 0 Å². The van der Waals surface area contributed by atoms with Crippen LogP contribution in [0.3, 0.4) is 0 Å². The van der Waals surface area contributed by atoms with Crippen LogP contribution in [0.2, 0.25) is 0 Å². The summed E-state index contributed by atoms with van der Waals surface area (Å²) in [5.41, 5.74) is 7.64. The third-order valence-electron chi connectivity index (χ3n) is 4.16. The van der Waals surface area contributed by atoms with Crippen molar-refractivity contribution in [1.82, 2.24) is 4.98 Å². The van der Waals surface area contributed by atoms with Gasteiger partial charge in [-0.2, -0.15) is 0 Å². The molecule has 25 heavy (non-hydrogen) atoms. The van der Waals surface area contributed by atoms with Gasteiger partial charge in [-0.25, -0.2) is 4.98 Å². The molecular weight excluding hydrogens is 359 g/mol. The zero-order chi connectivity index (χ0) is 16.1. The van der Waals surface area contributed by atoms with Crippen molar-refractivity contribution in [3.05, 3.63) is 48.7 Å². The van der Waals surface area contributed by atoms with Gasteiger partial charge in [0.05, 0.1) is 11.9 Å². The third kappa shape index (κ3) is 6.20. The Hall–Kier alpha value is -1.82. The summed E-state index contributed by atoms with van der Waals surface area (Å²) in [6, 6.07) is 13.7. The summed E-state index contributed by atoms with van der Waals surface area (Å²) in [5, 5.41) is 6.15. The van der Waals surface area contributed by atoms with E-state index in [1.807, 2.05) is 42.5 Å². The van der Waals surface area contributed by atoms with Crippen molar-refractivity contribution < 1.29 is 4.79 Å². The molecule has 3 rings (SSSR count). The topological polar surface area (TPSA) is 80.0 Å². The summed E-state index contributed by atoms with van der Waals surface area (Å²) in [6.45, 7) is 0. The first-order valence-electron chi connectivity index (χ1n) is 8.05. The Morgan fingerprint density at radius 1 is 1.04 bits per heavy atom. The average Bonchev–Trinajstić information content (AvgIpc) is 2.57. The molecule has 2 aromatic rings. The number of nitrogens with one attached hydrogen (secondary N) is 2. The van der Waals surface area contributed by atoms with Gasteiger partial charge in [-0.15, -0.1) is 24.8 Å². The van der Waals surface area contributed by atoms with Crippen LogP contribution in [0.4, 0.5) is 17.2 Å². The molecule has 7 heteroatoms. The molecule has 1 amide bonds. The van der Waals surface area contributed by atoms with Crippen LogP contribution in [0, 0.1) is 5.92 Å². The number of nitrogens with two attached hydrogens (primary N) is 1. The fraction of sp³-hybridized carbons (Fsp3) is 0.333. The number of amides is 1. The lowest BCUT2D eigenvalue weighted by Crippen LogP contribution is -2.34. The maximum absolute atomic E-state index is 12.3. The monoisotopic (exact) mass is 382 g/mol. The van der Waals surface area contributed by atoms with E-state index >= 15 is 0 Å². The second kappa shape index (κ2) is 10.2. The zero-order valence-corrected chi connectivity index (χ0v) is 15.5. The highest BCUT2D eigenvalue weighted by Gasteiger charge is 2.25. The van der Waals surface area contributed by atoms with Gasteiger partial charge in [0.15, 0.2) is 0 Å². The maximum Gasteiger partial charge on any atom is 0.227 e. The third-order valence-corrected chi connectivity index (χ3v) is 4.16. The normalized spacial score (nSPS) is 19.1. The first-order valence-corrected chi connectivity index (χ1v) is 8.05. The molecule has 0 spiro atoms. The predicted octanol–water partition coefficient (Wildman–Crippen LogP) is 4.12. The maximum atomic E-state index is 12.3. The molecule has 4 N–H and O–H groups in total. The number of nitrogens with zero attached hydrogens (tertiary/aromatic N) is 1. The second-order valence-corrected chi connectivity index (χ2v) is 6.04. The number of benzene rings is 1. The molecule has 0 bridgehead atoms. The van der Waals surface area contributed by atoms with Crippen LogP contribution in [0.15, 0.2) is 48.7 Å². The van der Waals surface area contributed by atoms with Gasteiger partial charge in [-0.1, -0.05) is 24.6 Å². The smallest absolute Gasteiger partial charge is 0.227 e. The van der Waals surface area contributed by atoms with Gasteiger partial charge in [0, 0.05) is 17.6 Å². The lowest BCUT2D eigenvalue weighted by molar-refractivity contribution is -0.120. The van der Waals surface area contributed by atoms with Gasteiger partial charge in [0.1, 0.15) is 5.82 Å². The number of carbonyl (C=O) groups excluding carboxylic acids is 1. The number of carbonyl (C=O) groups is 1. The highest BCUT2D eigenvalue weighted by molar-refractivity contribution is 5.92. The number of para-hydroxylation sites is 1. The molecule has 1 aromatic heterocycles. The fourth-order valence-electron chi connectivity index (χ4n) is 2.92. The number of pyridine rings is 1. The Morgan fingerprint density at radius 3 is 2.44 bits per heavy atom. The summed E-state index contributed by atoms with van der Waals surface area (Å²) in [7, 11) is 0. The van der Waals surface area contributed by atoms with Crippen LogP contribution >= 0.6 is 24.8 Å². The molecule has 0 radical (unpaired) electrons. The number of rotatable bonds is 4. The largest absolute Gasteiger partial charge is 0.340 e. The van der Waals surface area contributed by atoms with Crippen molar-refractivity contribution in [3.8, 4) is 0 Å². The Labute approximate surface area is 160 Å². The number of hydrogen-bond acceptors (Lipinski definition) is 4. The van der Waals surface area contributed by atoms with Crippen LogP contribution in [0.5, 0.6) is 0 Å². The molecule has 2 atom stereocenters. The van der Waals surface area contributed by atoms with Crippen molar-refractivity contribution in [1.29, 1.82) is 0 Å². The van der Waals surface area contributed by atoms with Crippen LogP contribution in [-0.2, 0) is 4.79 Å². The minimum absolute atomic E-state index is 0. The fourth-order valence-corrected chi connectivity index (χ4v) is 2.92. The Bertz CT molecular complexity index is 652. The van der Waals surface area contributed by atoms with Crippen LogP contribution < -0.4 is 16.4 Å². The average molecular weight is 383 g/mol. The van der Waals surface area contributed by atoms with Crippen LogP contribution in [-0.4, -0.2) is 16.9 Å². The molecule has 1 aromatic carbocycles. The molecule has 136 valence electrons. The molecule has 1 aliphatic rings. The lowest BCUT2D eigenvalue weighted by atomic mass is 9.85. The van der Waals surface area contributed by atoms with E-state index in [2.05, 4.69) is 15.6 Å². The van der Waals surface area contributed by atoms with Crippen molar-refractivity contribution >= 4 is 47.9 Å². The van der Waals surface area contributed by atoms with Crippen molar-refractivity contribution in [2.45, 2.75) is 31.7 Å². The summed E-state index contributed by atoms with van der Waals surface area (Å²) in [4.78, 5) is 16.6. The van der Waals surface area contributed by atoms with E-state index < -0.39 is 0 Å². The van der Waals surface area contributed by atoms with E-state index in [9.17, 15) is 4.79 Å². The SMILES string of the molecule is Cl.Cl.NC1CCCC(C(=O)Nc2ccc(Nc3ccccc3)nc2)C1. The molecule has 1 aliphatic carbocycles. The molecule has 2 unspecified atom stereocenters. The van der Waals surface area contributed by atoms with E-state index in [0.717, 1.165) is 37.2 Å². The molecule has 1 heterocycles. The first-order chi connectivity index (χ1) is 11.2. The number of hydrogen-bond donors (Lipinski definition) is 3. The molecular formula is C18H24Cl2N4O. The number of halogens is 2. The van der Waals surface area contributed by atoms with E-state index in [0.29, 0.717) is 5.69 Å². The van der Waals surface area contributed by atoms with Crippen molar-refractivity contribution in [2.24, 2.45) is 11.7 Å². The van der Waals surface area contributed by atoms with Gasteiger partial charge in [0.2, 0.25) is 5.91 Å². The minimum Gasteiger partial charge on any atom is -0.340 e. The molecule has 5 nitrogen and oxygen atoms in total.